The molecule has 7 nitrogen and oxygen atoms in total. The summed E-state index contributed by atoms with van der Waals surface area (Å²) in [6.45, 7) is 0.910. The zero-order valence-electron chi connectivity index (χ0n) is 17.9. The van der Waals surface area contributed by atoms with Gasteiger partial charge in [-0.2, -0.15) is 0 Å². The van der Waals surface area contributed by atoms with Gasteiger partial charge in [-0.15, -0.1) is 0 Å². The standard InChI is InChI=1S/C23H22F2N2O5/c1-22(24,25)15-10-12-11-23(20(29)31-2)17-14(8-9-26(18(15)23)19(12)28)13-6-4-5-7-16(13)27(17)21(30)32-3/h4-7,10,12,18H,8-9,11H2,1-3H3/t12-,18+,23-/m0/s1. The minimum Gasteiger partial charge on any atom is -0.468 e. The van der Waals surface area contributed by atoms with Gasteiger partial charge in [-0.3, -0.25) is 9.59 Å². The molecule has 168 valence electrons. The zero-order chi connectivity index (χ0) is 23.0. The van der Waals surface area contributed by atoms with E-state index in [4.69, 9.17) is 9.47 Å². The molecule has 1 fully saturated rings. The van der Waals surface area contributed by atoms with Crippen molar-refractivity contribution in [1.29, 1.82) is 0 Å². The molecule has 9 heteroatoms. The first kappa shape index (κ1) is 20.7. The fourth-order valence-electron chi connectivity index (χ4n) is 5.89. The summed E-state index contributed by atoms with van der Waals surface area (Å²) < 4.78 is 41.1. The molecule has 3 aliphatic heterocycles. The van der Waals surface area contributed by atoms with Gasteiger partial charge in [0.25, 0.3) is 5.92 Å². The summed E-state index contributed by atoms with van der Waals surface area (Å²) in [5, 5.41) is 0.710. The molecule has 1 aromatic carbocycles. The number of carbonyl (C=O) groups is 3. The molecule has 1 aliphatic carbocycles. The molecule has 1 saturated heterocycles. The first-order valence-electron chi connectivity index (χ1n) is 10.4. The van der Waals surface area contributed by atoms with E-state index in [0.29, 0.717) is 22.9 Å². The number of rotatable bonds is 2. The van der Waals surface area contributed by atoms with E-state index in [1.165, 1.54) is 29.8 Å². The van der Waals surface area contributed by atoms with Crippen LogP contribution in [0.2, 0.25) is 0 Å². The number of esters is 1. The summed E-state index contributed by atoms with van der Waals surface area (Å²) in [6, 6.07) is 5.83. The number of methoxy groups -OCH3 is 2. The van der Waals surface area contributed by atoms with Gasteiger partial charge in [0, 0.05) is 24.4 Å². The Bertz CT molecular complexity index is 1210. The van der Waals surface area contributed by atoms with Crippen LogP contribution in [0.25, 0.3) is 10.9 Å². The van der Waals surface area contributed by atoms with Gasteiger partial charge in [0.2, 0.25) is 5.91 Å². The number of nitrogens with zero attached hydrogens (tertiary/aromatic N) is 2. The number of piperidine rings is 1. The minimum absolute atomic E-state index is 0.0560. The summed E-state index contributed by atoms with van der Waals surface area (Å²) in [7, 11) is 2.41. The van der Waals surface area contributed by atoms with Crippen LogP contribution in [-0.4, -0.2) is 60.2 Å². The average molecular weight is 444 g/mol. The molecule has 0 radical (unpaired) electrons. The maximum Gasteiger partial charge on any atom is 0.418 e. The van der Waals surface area contributed by atoms with E-state index in [0.717, 1.165) is 6.92 Å². The van der Waals surface area contributed by atoms with Gasteiger partial charge in [0.15, 0.2) is 0 Å². The lowest BCUT2D eigenvalue weighted by Gasteiger charge is -2.54. The molecule has 32 heavy (non-hydrogen) atoms. The van der Waals surface area contributed by atoms with Crippen LogP contribution in [0.3, 0.4) is 0 Å². The van der Waals surface area contributed by atoms with Crippen LogP contribution in [0, 0.1) is 5.92 Å². The number of carbonyl (C=O) groups excluding carboxylic acids is 3. The van der Waals surface area contributed by atoms with E-state index < -0.39 is 35.4 Å². The number of hydrogen-bond acceptors (Lipinski definition) is 5. The third-order valence-electron chi connectivity index (χ3n) is 7.01. The normalized spacial score (nSPS) is 26.5. The average Bonchev–Trinajstić information content (AvgIpc) is 3.04. The van der Waals surface area contributed by atoms with Crippen molar-refractivity contribution in [3.63, 3.8) is 0 Å². The van der Waals surface area contributed by atoms with E-state index in [1.54, 1.807) is 18.2 Å². The van der Waals surface area contributed by atoms with Crippen molar-refractivity contribution in [3.05, 3.63) is 47.2 Å². The molecule has 4 bridgehead atoms. The molecular weight excluding hydrogens is 422 g/mol. The SMILES string of the molecule is COC(=O)n1c2c(c3ccccc31)CCN1C(=O)[C@H]3C=C(C(C)(F)F)[C@@H]1[C@]2(C(=O)OC)C3. The van der Waals surface area contributed by atoms with Gasteiger partial charge in [-0.1, -0.05) is 24.3 Å². The maximum atomic E-state index is 14.8. The summed E-state index contributed by atoms with van der Waals surface area (Å²) in [5.74, 6) is -5.23. The van der Waals surface area contributed by atoms with Crippen molar-refractivity contribution in [2.75, 3.05) is 20.8 Å². The molecule has 6 rings (SSSR count). The maximum absolute atomic E-state index is 14.8. The first-order valence-corrected chi connectivity index (χ1v) is 10.4. The lowest BCUT2D eigenvalue weighted by molar-refractivity contribution is -0.161. The number of alkyl halides is 2. The van der Waals surface area contributed by atoms with Crippen LogP contribution in [0.15, 0.2) is 35.9 Å². The molecule has 1 aromatic heterocycles. The molecule has 3 atom stereocenters. The quantitative estimate of drug-likeness (QED) is 0.526. The van der Waals surface area contributed by atoms with E-state index in [1.807, 2.05) is 6.07 Å². The Hall–Kier alpha value is -3.23. The van der Waals surface area contributed by atoms with Crippen LogP contribution in [-0.2, 0) is 30.9 Å². The number of hydrogen-bond donors (Lipinski definition) is 0. The van der Waals surface area contributed by atoms with Gasteiger partial charge in [0.05, 0.1) is 37.4 Å². The van der Waals surface area contributed by atoms with Gasteiger partial charge in [0.1, 0.15) is 5.41 Å². The fraction of sp³-hybridized carbons (Fsp3) is 0.435. The van der Waals surface area contributed by atoms with E-state index in [2.05, 4.69) is 0 Å². The molecule has 0 saturated carbocycles. The number of fused-ring (bicyclic) bond motifs is 3. The highest BCUT2D eigenvalue weighted by Gasteiger charge is 2.66. The Morgan fingerprint density at radius 3 is 2.56 bits per heavy atom. The molecule has 1 amide bonds. The molecule has 4 heterocycles. The van der Waals surface area contributed by atoms with Crippen molar-refractivity contribution in [1.82, 2.24) is 9.47 Å². The van der Waals surface area contributed by atoms with Gasteiger partial charge in [-0.05, 0) is 24.5 Å². The van der Waals surface area contributed by atoms with Crippen LogP contribution in [0.4, 0.5) is 13.6 Å². The number of para-hydroxylation sites is 1. The van der Waals surface area contributed by atoms with Crippen LogP contribution < -0.4 is 0 Å². The summed E-state index contributed by atoms with van der Waals surface area (Å²) in [5.41, 5.74) is -0.512. The van der Waals surface area contributed by atoms with Crippen molar-refractivity contribution in [2.24, 2.45) is 5.92 Å². The van der Waals surface area contributed by atoms with E-state index >= 15 is 0 Å². The van der Waals surface area contributed by atoms with E-state index in [-0.39, 0.29) is 30.1 Å². The smallest absolute Gasteiger partial charge is 0.418 e. The molecule has 0 spiro atoms. The second kappa shape index (κ2) is 6.63. The molecular formula is C23H22F2N2O5. The topological polar surface area (TPSA) is 77.8 Å². The van der Waals surface area contributed by atoms with Crippen LogP contribution in [0.5, 0.6) is 0 Å². The zero-order valence-corrected chi connectivity index (χ0v) is 17.9. The second-order valence-corrected chi connectivity index (χ2v) is 8.62. The van der Waals surface area contributed by atoms with Crippen molar-refractivity contribution in [3.8, 4) is 0 Å². The highest BCUT2D eigenvalue weighted by Crippen LogP contribution is 2.56. The Labute approximate surface area is 182 Å². The van der Waals surface area contributed by atoms with Gasteiger partial charge < -0.3 is 14.4 Å². The van der Waals surface area contributed by atoms with E-state index in [9.17, 15) is 23.2 Å². The predicted octanol–water partition coefficient (Wildman–Crippen LogP) is 3.04. The Kier molecular flexibility index (Phi) is 4.28. The number of amides is 1. The van der Waals surface area contributed by atoms with Gasteiger partial charge >= 0.3 is 12.1 Å². The summed E-state index contributed by atoms with van der Waals surface area (Å²) in [4.78, 5) is 40.9. The highest BCUT2D eigenvalue weighted by atomic mass is 19.3. The Morgan fingerprint density at radius 1 is 1.19 bits per heavy atom. The molecule has 0 unspecified atom stereocenters. The van der Waals surface area contributed by atoms with Gasteiger partial charge in [-0.25, -0.2) is 18.1 Å². The Morgan fingerprint density at radius 2 is 1.91 bits per heavy atom. The van der Waals surface area contributed by atoms with Crippen molar-refractivity contribution in [2.45, 2.75) is 37.1 Å². The highest BCUT2D eigenvalue weighted by molar-refractivity contribution is 6.00. The predicted molar refractivity (Wildman–Crippen MR) is 109 cm³/mol. The van der Waals surface area contributed by atoms with Crippen molar-refractivity contribution >= 4 is 28.9 Å². The summed E-state index contributed by atoms with van der Waals surface area (Å²) in [6.07, 6.45) is 0.803. The number of ether oxygens (including phenoxy) is 2. The van der Waals surface area contributed by atoms with Crippen molar-refractivity contribution < 1.29 is 32.6 Å². The van der Waals surface area contributed by atoms with Crippen LogP contribution in [0.1, 0.15) is 24.6 Å². The molecule has 2 aromatic rings. The second-order valence-electron chi connectivity index (χ2n) is 8.62. The molecule has 0 N–H and O–H groups in total. The number of aromatic nitrogens is 1. The first-order chi connectivity index (χ1) is 15.2. The monoisotopic (exact) mass is 444 g/mol. The minimum atomic E-state index is -3.27. The Balaban J connectivity index is 1.93. The van der Waals surface area contributed by atoms with Crippen LogP contribution >= 0.6 is 0 Å². The lowest BCUT2D eigenvalue weighted by atomic mass is 9.60. The third-order valence-corrected chi connectivity index (χ3v) is 7.01. The largest absolute Gasteiger partial charge is 0.468 e. The fourth-order valence-corrected chi connectivity index (χ4v) is 5.89. The number of benzene rings is 1. The lowest BCUT2D eigenvalue weighted by Crippen LogP contribution is -2.67. The summed E-state index contributed by atoms with van der Waals surface area (Å²) >= 11 is 0. The third kappa shape index (κ3) is 2.42. The molecule has 4 aliphatic rings. The number of halogens is 2.